The number of amides is 4. The molecule has 0 spiro atoms. The van der Waals surface area contributed by atoms with E-state index in [0.717, 1.165) is 25.7 Å². The standard InChI is InChI=1S/C19H28N4O4/c1-14(17(24)21-19(26)20-15-6-3-2-4-7-15)22-9-11-23(12-10-22)18(25)16-8-5-13-27-16/h5,8,13-15H,2-4,6-7,9-12H2,1H3,(H2,20,21,24,26)/t14-/m1/s1. The molecule has 148 valence electrons. The lowest BCUT2D eigenvalue weighted by Crippen LogP contribution is -2.56. The second-order valence-electron chi connectivity index (χ2n) is 7.28. The van der Waals surface area contributed by atoms with Crippen LogP contribution in [0.1, 0.15) is 49.6 Å². The summed E-state index contributed by atoms with van der Waals surface area (Å²) in [6.45, 7) is 3.97. The first kappa shape index (κ1) is 19.4. The third-order valence-corrected chi connectivity index (χ3v) is 5.44. The highest BCUT2D eigenvalue weighted by molar-refractivity contribution is 5.97. The van der Waals surface area contributed by atoms with Crippen molar-refractivity contribution in [2.75, 3.05) is 26.2 Å². The maximum absolute atomic E-state index is 12.4. The highest BCUT2D eigenvalue weighted by Gasteiger charge is 2.29. The van der Waals surface area contributed by atoms with Crippen LogP contribution in [-0.4, -0.2) is 65.9 Å². The molecule has 27 heavy (non-hydrogen) atoms. The fraction of sp³-hybridized carbons (Fsp3) is 0.632. The molecule has 1 aliphatic heterocycles. The molecule has 2 heterocycles. The Morgan fingerprint density at radius 3 is 2.44 bits per heavy atom. The Balaban J connectivity index is 1.42. The van der Waals surface area contributed by atoms with Crippen molar-refractivity contribution in [3.05, 3.63) is 24.2 Å². The number of carbonyl (C=O) groups excluding carboxylic acids is 3. The van der Waals surface area contributed by atoms with Crippen LogP contribution >= 0.6 is 0 Å². The zero-order valence-electron chi connectivity index (χ0n) is 15.8. The van der Waals surface area contributed by atoms with E-state index in [0.29, 0.717) is 31.9 Å². The molecule has 2 N–H and O–H groups in total. The van der Waals surface area contributed by atoms with Crippen molar-refractivity contribution in [2.24, 2.45) is 0 Å². The van der Waals surface area contributed by atoms with Crippen LogP contribution in [0.25, 0.3) is 0 Å². The Morgan fingerprint density at radius 2 is 1.81 bits per heavy atom. The van der Waals surface area contributed by atoms with E-state index in [2.05, 4.69) is 10.6 Å². The minimum Gasteiger partial charge on any atom is -0.459 e. The maximum Gasteiger partial charge on any atom is 0.321 e. The topological polar surface area (TPSA) is 94.9 Å². The molecular weight excluding hydrogens is 348 g/mol. The van der Waals surface area contributed by atoms with Crippen molar-refractivity contribution >= 4 is 17.8 Å². The molecule has 0 aromatic carbocycles. The van der Waals surface area contributed by atoms with Crippen molar-refractivity contribution < 1.29 is 18.8 Å². The number of hydrogen-bond acceptors (Lipinski definition) is 5. The predicted molar refractivity (Wildman–Crippen MR) is 99.2 cm³/mol. The Morgan fingerprint density at radius 1 is 1.11 bits per heavy atom. The first-order valence-corrected chi connectivity index (χ1v) is 9.73. The SMILES string of the molecule is C[C@H](C(=O)NC(=O)NC1CCCCC1)N1CCN(C(=O)c2ccco2)CC1. The van der Waals surface area contributed by atoms with Crippen LogP contribution in [0.2, 0.25) is 0 Å². The minimum absolute atomic E-state index is 0.136. The van der Waals surface area contributed by atoms with Gasteiger partial charge in [-0.2, -0.15) is 0 Å². The Bertz CT molecular complexity index is 647. The molecule has 3 rings (SSSR count). The van der Waals surface area contributed by atoms with Gasteiger partial charge in [0.1, 0.15) is 0 Å². The molecule has 1 saturated heterocycles. The molecule has 2 fully saturated rings. The van der Waals surface area contributed by atoms with Crippen LogP contribution in [-0.2, 0) is 4.79 Å². The van der Waals surface area contributed by atoms with E-state index in [1.165, 1.54) is 12.7 Å². The number of nitrogens with one attached hydrogen (secondary N) is 2. The second-order valence-corrected chi connectivity index (χ2v) is 7.28. The van der Waals surface area contributed by atoms with E-state index in [4.69, 9.17) is 4.42 Å². The lowest BCUT2D eigenvalue weighted by molar-refractivity contribution is -0.125. The van der Waals surface area contributed by atoms with Crippen LogP contribution in [0.3, 0.4) is 0 Å². The number of piperazine rings is 1. The summed E-state index contributed by atoms with van der Waals surface area (Å²) in [6, 6.07) is 2.66. The Hall–Kier alpha value is -2.35. The molecule has 0 unspecified atom stereocenters. The number of nitrogens with zero attached hydrogens (tertiary/aromatic N) is 2. The van der Waals surface area contributed by atoms with E-state index >= 15 is 0 Å². The first-order valence-electron chi connectivity index (χ1n) is 9.73. The van der Waals surface area contributed by atoms with Crippen molar-refractivity contribution in [2.45, 2.75) is 51.1 Å². The van der Waals surface area contributed by atoms with Crippen LogP contribution in [0.4, 0.5) is 4.79 Å². The molecule has 4 amide bonds. The van der Waals surface area contributed by atoms with E-state index in [1.54, 1.807) is 24.0 Å². The molecule has 1 aromatic rings. The van der Waals surface area contributed by atoms with Gasteiger partial charge in [0.15, 0.2) is 5.76 Å². The maximum atomic E-state index is 12.4. The van der Waals surface area contributed by atoms with Gasteiger partial charge in [-0.05, 0) is 31.9 Å². The fourth-order valence-corrected chi connectivity index (χ4v) is 3.72. The molecule has 8 heteroatoms. The predicted octanol–water partition coefficient (Wildman–Crippen LogP) is 1.58. The monoisotopic (exact) mass is 376 g/mol. The van der Waals surface area contributed by atoms with Crippen LogP contribution in [0, 0.1) is 0 Å². The van der Waals surface area contributed by atoms with Crippen molar-refractivity contribution in [1.29, 1.82) is 0 Å². The van der Waals surface area contributed by atoms with E-state index in [1.807, 2.05) is 4.90 Å². The number of furan rings is 1. The number of rotatable bonds is 4. The molecule has 1 saturated carbocycles. The van der Waals surface area contributed by atoms with Gasteiger partial charge in [0, 0.05) is 32.2 Å². The highest BCUT2D eigenvalue weighted by Crippen LogP contribution is 2.17. The van der Waals surface area contributed by atoms with Crippen LogP contribution in [0.15, 0.2) is 22.8 Å². The molecule has 0 bridgehead atoms. The Labute approximate surface area is 159 Å². The minimum atomic E-state index is -0.428. The number of carbonyl (C=O) groups is 3. The van der Waals surface area contributed by atoms with Gasteiger partial charge >= 0.3 is 6.03 Å². The number of urea groups is 1. The van der Waals surface area contributed by atoms with Gasteiger partial charge in [-0.25, -0.2) is 4.79 Å². The molecule has 1 aliphatic carbocycles. The Kier molecular flexibility index (Phi) is 6.49. The van der Waals surface area contributed by atoms with Gasteiger partial charge in [0.2, 0.25) is 5.91 Å². The summed E-state index contributed by atoms with van der Waals surface area (Å²) >= 11 is 0. The van der Waals surface area contributed by atoms with Gasteiger partial charge in [0.05, 0.1) is 12.3 Å². The molecule has 0 radical (unpaired) electrons. The fourth-order valence-electron chi connectivity index (χ4n) is 3.72. The lowest BCUT2D eigenvalue weighted by atomic mass is 9.96. The third-order valence-electron chi connectivity index (χ3n) is 5.44. The van der Waals surface area contributed by atoms with Crippen molar-refractivity contribution in [3.63, 3.8) is 0 Å². The van der Waals surface area contributed by atoms with Crippen molar-refractivity contribution in [3.8, 4) is 0 Å². The van der Waals surface area contributed by atoms with E-state index in [-0.39, 0.29) is 17.9 Å². The van der Waals surface area contributed by atoms with Gasteiger partial charge in [-0.15, -0.1) is 0 Å². The zero-order valence-corrected chi connectivity index (χ0v) is 15.8. The zero-order chi connectivity index (χ0) is 19.2. The van der Waals surface area contributed by atoms with Gasteiger partial charge < -0.3 is 14.6 Å². The largest absolute Gasteiger partial charge is 0.459 e. The van der Waals surface area contributed by atoms with E-state index < -0.39 is 12.1 Å². The highest BCUT2D eigenvalue weighted by atomic mass is 16.3. The average Bonchev–Trinajstić information content (AvgIpc) is 3.22. The quantitative estimate of drug-likeness (QED) is 0.832. The van der Waals surface area contributed by atoms with Crippen LogP contribution < -0.4 is 10.6 Å². The molecule has 8 nitrogen and oxygen atoms in total. The summed E-state index contributed by atoms with van der Waals surface area (Å²) in [5.74, 6) is -0.119. The van der Waals surface area contributed by atoms with Gasteiger partial charge in [0.25, 0.3) is 5.91 Å². The molecule has 2 aliphatic rings. The second kappa shape index (κ2) is 9.03. The number of imide groups is 1. The van der Waals surface area contributed by atoms with Gasteiger partial charge in [-0.3, -0.25) is 19.8 Å². The normalized spacial score (nSPS) is 20.1. The summed E-state index contributed by atoms with van der Waals surface area (Å²) in [5, 5.41) is 5.35. The number of hydrogen-bond donors (Lipinski definition) is 2. The summed E-state index contributed by atoms with van der Waals surface area (Å²) in [5.41, 5.74) is 0. The summed E-state index contributed by atoms with van der Waals surface area (Å²) < 4.78 is 5.15. The average molecular weight is 376 g/mol. The lowest BCUT2D eigenvalue weighted by Gasteiger charge is -2.37. The third kappa shape index (κ3) is 5.09. The van der Waals surface area contributed by atoms with Crippen LogP contribution in [0.5, 0.6) is 0 Å². The van der Waals surface area contributed by atoms with E-state index in [9.17, 15) is 14.4 Å². The molecular formula is C19H28N4O4. The smallest absolute Gasteiger partial charge is 0.321 e. The first-order chi connectivity index (χ1) is 13.0. The summed E-state index contributed by atoms with van der Waals surface area (Å²) in [4.78, 5) is 40.4. The molecule has 1 aromatic heterocycles. The summed E-state index contributed by atoms with van der Waals surface area (Å²) in [6.07, 6.45) is 6.89. The molecule has 1 atom stereocenters. The van der Waals surface area contributed by atoms with Crippen molar-refractivity contribution in [1.82, 2.24) is 20.4 Å². The van der Waals surface area contributed by atoms with Gasteiger partial charge in [-0.1, -0.05) is 19.3 Å². The summed E-state index contributed by atoms with van der Waals surface area (Å²) in [7, 11) is 0.